The van der Waals surface area contributed by atoms with E-state index in [2.05, 4.69) is 15.9 Å². The van der Waals surface area contributed by atoms with E-state index in [1.54, 1.807) is 10.4 Å². The molecular weight excluding hydrogens is 350 g/mol. The van der Waals surface area contributed by atoms with Gasteiger partial charge in [-0.05, 0) is 47.2 Å². The smallest absolute Gasteiger partial charge is 0.245 e. The van der Waals surface area contributed by atoms with Gasteiger partial charge < -0.3 is 5.11 Å². The van der Waals surface area contributed by atoms with Crippen LogP contribution in [0, 0.1) is 5.92 Å². The van der Waals surface area contributed by atoms with E-state index in [4.69, 9.17) is 5.11 Å². The van der Waals surface area contributed by atoms with Crippen molar-refractivity contribution in [2.75, 3.05) is 13.1 Å². The molecule has 0 amide bonds. The van der Waals surface area contributed by atoms with Crippen LogP contribution in [0.2, 0.25) is 0 Å². The van der Waals surface area contributed by atoms with Gasteiger partial charge in [0.25, 0.3) is 0 Å². The standard InChI is InChI=1S/C12H18BrNO3S2/c1-2-5-14(7-9-3-4-9)19(16,17)11-6-10(8-15)18-12(11)13/h6,9,15H,2-5,7-8H2,1H3. The van der Waals surface area contributed by atoms with Crippen LogP contribution in [0.4, 0.5) is 0 Å². The molecule has 7 heteroatoms. The fourth-order valence-corrected chi connectivity index (χ4v) is 6.04. The van der Waals surface area contributed by atoms with Gasteiger partial charge in [-0.15, -0.1) is 11.3 Å². The summed E-state index contributed by atoms with van der Waals surface area (Å²) in [6.45, 7) is 3.02. The Morgan fingerprint density at radius 3 is 2.68 bits per heavy atom. The highest BCUT2D eigenvalue weighted by Gasteiger charge is 2.33. The van der Waals surface area contributed by atoms with Crippen LogP contribution in [0.15, 0.2) is 14.7 Å². The predicted octanol–water partition coefficient (Wildman–Crippen LogP) is 2.81. The molecule has 108 valence electrons. The molecule has 1 fully saturated rings. The van der Waals surface area contributed by atoms with Crippen molar-refractivity contribution in [3.8, 4) is 0 Å². The summed E-state index contributed by atoms with van der Waals surface area (Å²) in [6, 6.07) is 1.57. The van der Waals surface area contributed by atoms with Gasteiger partial charge in [0, 0.05) is 18.0 Å². The second-order valence-corrected chi connectivity index (χ2v) is 9.18. The van der Waals surface area contributed by atoms with Crippen molar-refractivity contribution in [3.63, 3.8) is 0 Å². The minimum Gasteiger partial charge on any atom is -0.391 e. The van der Waals surface area contributed by atoms with Crippen LogP contribution in [0.25, 0.3) is 0 Å². The lowest BCUT2D eigenvalue weighted by Crippen LogP contribution is -2.33. The molecule has 0 unspecified atom stereocenters. The van der Waals surface area contributed by atoms with Crippen molar-refractivity contribution in [1.29, 1.82) is 0 Å². The van der Waals surface area contributed by atoms with E-state index in [1.807, 2.05) is 6.92 Å². The molecule has 0 spiro atoms. The van der Waals surface area contributed by atoms with Gasteiger partial charge in [0.15, 0.2) is 0 Å². The molecule has 1 aromatic rings. The van der Waals surface area contributed by atoms with Gasteiger partial charge in [-0.1, -0.05) is 6.92 Å². The maximum atomic E-state index is 12.7. The summed E-state index contributed by atoms with van der Waals surface area (Å²) in [7, 11) is -3.45. The van der Waals surface area contributed by atoms with E-state index in [1.165, 1.54) is 11.3 Å². The number of aliphatic hydroxyl groups is 1. The van der Waals surface area contributed by atoms with E-state index in [0.717, 1.165) is 19.3 Å². The third kappa shape index (κ3) is 3.58. The van der Waals surface area contributed by atoms with E-state index < -0.39 is 10.0 Å². The Balaban J connectivity index is 2.28. The van der Waals surface area contributed by atoms with E-state index in [-0.39, 0.29) is 11.5 Å². The Kier molecular flexibility index (Phi) is 5.05. The Labute approximate surface area is 126 Å². The molecule has 1 aromatic heterocycles. The molecule has 0 radical (unpaired) electrons. The second-order valence-electron chi connectivity index (χ2n) is 4.82. The van der Waals surface area contributed by atoms with Crippen LogP contribution in [0.5, 0.6) is 0 Å². The monoisotopic (exact) mass is 367 g/mol. The molecule has 0 aromatic carbocycles. The Hall–Kier alpha value is 0.0500. The van der Waals surface area contributed by atoms with Crippen LogP contribution < -0.4 is 0 Å². The zero-order chi connectivity index (χ0) is 14.0. The largest absolute Gasteiger partial charge is 0.391 e. The second kappa shape index (κ2) is 6.22. The number of nitrogens with zero attached hydrogens (tertiary/aromatic N) is 1. The summed E-state index contributed by atoms with van der Waals surface area (Å²) in [5.41, 5.74) is 0. The average molecular weight is 368 g/mol. The molecular formula is C12H18BrNO3S2. The minimum absolute atomic E-state index is 0.130. The van der Waals surface area contributed by atoms with Gasteiger partial charge in [0.1, 0.15) is 4.90 Å². The number of rotatable bonds is 7. The zero-order valence-electron chi connectivity index (χ0n) is 10.8. The first-order chi connectivity index (χ1) is 8.98. The van der Waals surface area contributed by atoms with Gasteiger partial charge >= 0.3 is 0 Å². The maximum Gasteiger partial charge on any atom is 0.245 e. The topological polar surface area (TPSA) is 57.6 Å². The lowest BCUT2D eigenvalue weighted by molar-refractivity contribution is 0.285. The van der Waals surface area contributed by atoms with Crippen LogP contribution in [0.1, 0.15) is 31.1 Å². The number of hydrogen-bond donors (Lipinski definition) is 1. The summed E-state index contributed by atoms with van der Waals surface area (Å²) in [4.78, 5) is 0.948. The fourth-order valence-electron chi connectivity index (χ4n) is 1.94. The molecule has 1 aliphatic rings. The summed E-state index contributed by atoms with van der Waals surface area (Å²) in [5.74, 6) is 0.524. The third-order valence-electron chi connectivity index (χ3n) is 3.11. The molecule has 1 heterocycles. The number of sulfonamides is 1. The zero-order valence-corrected chi connectivity index (χ0v) is 14.0. The quantitative estimate of drug-likeness (QED) is 0.805. The first-order valence-electron chi connectivity index (χ1n) is 6.38. The molecule has 0 atom stereocenters. The van der Waals surface area contributed by atoms with Crippen LogP contribution in [-0.4, -0.2) is 30.9 Å². The van der Waals surface area contributed by atoms with Crippen molar-refractivity contribution >= 4 is 37.3 Å². The molecule has 19 heavy (non-hydrogen) atoms. The van der Waals surface area contributed by atoms with Gasteiger partial charge in [0.2, 0.25) is 10.0 Å². The normalized spacial score (nSPS) is 16.2. The summed E-state index contributed by atoms with van der Waals surface area (Å²) >= 11 is 4.57. The van der Waals surface area contributed by atoms with Gasteiger partial charge in [0.05, 0.1) is 10.4 Å². The highest BCUT2D eigenvalue weighted by molar-refractivity contribution is 9.11. The van der Waals surface area contributed by atoms with Crippen LogP contribution in [-0.2, 0) is 16.6 Å². The van der Waals surface area contributed by atoms with E-state index in [9.17, 15) is 8.42 Å². The number of thiophene rings is 1. The SMILES string of the molecule is CCCN(CC1CC1)S(=O)(=O)c1cc(CO)sc1Br. The Bertz CT molecular complexity index is 537. The summed E-state index contributed by atoms with van der Waals surface area (Å²) < 4.78 is 27.5. The fraction of sp³-hybridized carbons (Fsp3) is 0.667. The van der Waals surface area contributed by atoms with Crippen molar-refractivity contribution in [2.45, 2.75) is 37.7 Å². The maximum absolute atomic E-state index is 12.7. The molecule has 0 aliphatic heterocycles. The lowest BCUT2D eigenvalue weighted by Gasteiger charge is -2.21. The Morgan fingerprint density at radius 1 is 1.53 bits per heavy atom. The van der Waals surface area contributed by atoms with E-state index in [0.29, 0.717) is 27.7 Å². The van der Waals surface area contributed by atoms with Gasteiger partial charge in [-0.2, -0.15) is 4.31 Å². The number of halogens is 1. The summed E-state index contributed by atoms with van der Waals surface area (Å²) in [5, 5.41) is 9.12. The van der Waals surface area contributed by atoms with Crippen molar-refractivity contribution < 1.29 is 13.5 Å². The Morgan fingerprint density at radius 2 is 2.21 bits per heavy atom. The predicted molar refractivity (Wildman–Crippen MR) is 79.7 cm³/mol. The van der Waals surface area contributed by atoms with Crippen molar-refractivity contribution in [3.05, 3.63) is 14.7 Å². The number of aliphatic hydroxyl groups excluding tert-OH is 1. The first kappa shape index (κ1) is 15.4. The van der Waals surface area contributed by atoms with E-state index >= 15 is 0 Å². The number of hydrogen-bond acceptors (Lipinski definition) is 4. The van der Waals surface area contributed by atoms with Crippen molar-refractivity contribution in [2.24, 2.45) is 5.92 Å². The molecule has 1 saturated carbocycles. The molecule has 2 rings (SSSR count). The molecule has 0 saturated heterocycles. The van der Waals surface area contributed by atoms with Crippen molar-refractivity contribution in [1.82, 2.24) is 4.31 Å². The van der Waals surface area contributed by atoms with Gasteiger partial charge in [-0.3, -0.25) is 0 Å². The highest BCUT2D eigenvalue weighted by Crippen LogP contribution is 2.36. The molecule has 1 N–H and O–H groups in total. The third-order valence-corrected chi connectivity index (χ3v) is 7.21. The van der Waals surface area contributed by atoms with Crippen LogP contribution >= 0.6 is 27.3 Å². The first-order valence-corrected chi connectivity index (χ1v) is 9.43. The van der Waals surface area contributed by atoms with Gasteiger partial charge in [-0.25, -0.2) is 8.42 Å². The lowest BCUT2D eigenvalue weighted by atomic mass is 10.4. The minimum atomic E-state index is -3.45. The average Bonchev–Trinajstić information content (AvgIpc) is 3.09. The molecule has 4 nitrogen and oxygen atoms in total. The molecule has 0 bridgehead atoms. The summed E-state index contributed by atoms with van der Waals surface area (Å²) in [6.07, 6.45) is 3.06. The molecule has 1 aliphatic carbocycles. The highest BCUT2D eigenvalue weighted by atomic mass is 79.9. The van der Waals surface area contributed by atoms with Crippen LogP contribution in [0.3, 0.4) is 0 Å².